The maximum atomic E-state index is 8.77. The van der Waals surface area contributed by atoms with Gasteiger partial charge in [0.15, 0.2) is 0 Å². The molecule has 0 aliphatic carbocycles. The van der Waals surface area contributed by atoms with Crippen molar-refractivity contribution in [3.63, 3.8) is 0 Å². The van der Waals surface area contributed by atoms with Crippen LogP contribution in [0.1, 0.15) is 24.8 Å². The second kappa shape index (κ2) is 7.75. The highest BCUT2D eigenvalue weighted by Gasteiger charge is 2.24. The van der Waals surface area contributed by atoms with Gasteiger partial charge in [0.1, 0.15) is 18.4 Å². The largest absolute Gasteiger partial charge is 0.494 e. The van der Waals surface area contributed by atoms with E-state index < -0.39 is 0 Å². The quantitative estimate of drug-likeness (QED) is 0.732. The van der Waals surface area contributed by atoms with Crippen molar-refractivity contribution in [2.24, 2.45) is 0 Å². The minimum absolute atomic E-state index is 0.548. The van der Waals surface area contributed by atoms with E-state index in [1.807, 2.05) is 16.8 Å². The molecule has 3 rings (SSSR count). The molecule has 1 aromatic heterocycles. The molecule has 1 atom stereocenters. The molecular formula is C17H21N5O. The van der Waals surface area contributed by atoms with Gasteiger partial charge in [0, 0.05) is 12.6 Å². The zero-order chi connectivity index (χ0) is 15.9. The molecule has 0 spiro atoms. The van der Waals surface area contributed by atoms with Crippen molar-refractivity contribution in [1.82, 2.24) is 19.7 Å². The molecule has 23 heavy (non-hydrogen) atoms. The lowest BCUT2D eigenvalue weighted by Crippen LogP contribution is -2.34. The summed E-state index contributed by atoms with van der Waals surface area (Å²) in [6.07, 6.45) is 6.83. The summed E-state index contributed by atoms with van der Waals surface area (Å²) in [6, 6.07) is 9.92. The van der Waals surface area contributed by atoms with E-state index in [2.05, 4.69) is 21.1 Å². The van der Waals surface area contributed by atoms with Gasteiger partial charge in [-0.2, -0.15) is 10.4 Å². The SMILES string of the molecule is N#Cc1ccc(OCCCN2CCC[C@H]2Cn2cncn2)cc1. The molecule has 1 saturated heterocycles. The monoisotopic (exact) mass is 311 g/mol. The highest BCUT2D eigenvalue weighted by molar-refractivity contribution is 5.34. The van der Waals surface area contributed by atoms with Crippen molar-refractivity contribution in [2.75, 3.05) is 19.7 Å². The zero-order valence-corrected chi connectivity index (χ0v) is 13.1. The maximum absolute atomic E-state index is 8.77. The average Bonchev–Trinajstić information content (AvgIpc) is 3.25. The lowest BCUT2D eigenvalue weighted by Gasteiger charge is -2.24. The van der Waals surface area contributed by atoms with Crippen molar-refractivity contribution in [2.45, 2.75) is 31.8 Å². The van der Waals surface area contributed by atoms with E-state index in [9.17, 15) is 0 Å². The van der Waals surface area contributed by atoms with Gasteiger partial charge in [-0.25, -0.2) is 4.98 Å². The van der Waals surface area contributed by atoms with E-state index in [-0.39, 0.29) is 0 Å². The maximum Gasteiger partial charge on any atom is 0.137 e. The molecule has 0 unspecified atom stereocenters. The first-order valence-electron chi connectivity index (χ1n) is 8.04. The number of likely N-dealkylation sites (tertiary alicyclic amines) is 1. The molecule has 0 N–H and O–H groups in total. The number of nitrogens with zero attached hydrogens (tertiary/aromatic N) is 5. The second-order valence-electron chi connectivity index (χ2n) is 5.79. The minimum atomic E-state index is 0.548. The fourth-order valence-corrected chi connectivity index (χ4v) is 3.02. The Bertz CT molecular complexity index is 632. The number of benzene rings is 1. The Morgan fingerprint density at radius 2 is 2.17 bits per heavy atom. The number of rotatable bonds is 7. The van der Waals surface area contributed by atoms with Crippen LogP contribution in [0.15, 0.2) is 36.9 Å². The molecular weight excluding hydrogens is 290 g/mol. The van der Waals surface area contributed by atoms with Crippen LogP contribution in [-0.2, 0) is 6.54 Å². The summed E-state index contributed by atoms with van der Waals surface area (Å²) in [5.74, 6) is 0.824. The van der Waals surface area contributed by atoms with Crippen LogP contribution in [0.2, 0.25) is 0 Å². The molecule has 6 nitrogen and oxygen atoms in total. The van der Waals surface area contributed by atoms with Crippen molar-refractivity contribution in [3.05, 3.63) is 42.5 Å². The van der Waals surface area contributed by atoms with Crippen LogP contribution in [0.4, 0.5) is 0 Å². The number of hydrogen-bond acceptors (Lipinski definition) is 5. The van der Waals surface area contributed by atoms with E-state index in [1.165, 1.54) is 12.8 Å². The summed E-state index contributed by atoms with van der Waals surface area (Å²) in [5, 5.41) is 13.0. The Hall–Kier alpha value is -2.39. The van der Waals surface area contributed by atoms with Gasteiger partial charge in [0.05, 0.1) is 24.8 Å². The van der Waals surface area contributed by atoms with Crippen LogP contribution in [0.25, 0.3) is 0 Å². The van der Waals surface area contributed by atoms with Crippen LogP contribution >= 0.6 is 0 Å². The molecule has 1 aromatic carbocycles. The van der Waals surface area contributed by atoms with E-state index in [0.717, 1.165) is 31.8 Å². The zero-order valence-electron chi connectivity index (χ0n) is 13.1. The van der Waals surface area contributed by atoms with Crippen LogP contribution in [0.3, 0.4) is 0 Å². The van der Waals surface area contributed by atoms with Gasteiger partial charge in [0.2, 0.25) is 0 Å². The van der Waals surface area contributed by atoms with Gasteiger partial charge in [-0.15, -0.1) is 0 Å². The fraction of sp³-hybridized carbons (Fsp3) is 0.471. The third-order valence-corrected chi connectivity index (χ3v) is 4.21. The summed E-state index contributed by atoms with van der Waals surface area (Å²) in [6.45, 7) is 3.79. The van der Waals surface area contributed by atoms with Crippen LogP contribution in [-0.4, -0.2) is 45.4 Å². The normalized spacial score (nSPS) is 18.0. The topological polar surface area (TPSA) is 67.0 Å². The van der Waals surface area contributed by atoms with Crippen molar-refractivity contribution >= 4 is 0 Å². The summed E-state index contributed by atoms with van der Waals surface area (Å²) >= 11 is 0. The molecule has 1 aliphatic rings. The lowest BCUT2D eigenvalue weighted by molar-refractivity contribution is 0.203. The number of nitriles is 1. The Morgan fingerprint density at radius 3 is 2.91 bits per heavy atom. The summed E-state index contributed by atoms with van der Waals surface area (Å²) in [5.41, 5.74) is 0.658. The smallest absolute Gasteiger partial charge is 0.137 e. The lowest BCUT2D eigenvalue weighted by atomic mass is 10.2. The minimum Gasteiger partial charge on any atom is -0.494 e. The van der Waals surface area contributed by atoms with Crippen LogP contribution < -0.4 is 4.74 Å². The predicted molar refractivity (Wildman–Crippen MR) is 85.9 cm³/mol. The first-order valence-corrected chi connectivity index (χ1v) is 8.04. The first kappa shape index (κ1) is 15.5. The number of aromatic nitrogens is 3. The van der Waals surface area contributed by atoms with Crippen molar-refractivity contribution in [1.29, 1.82) is 5.26 Å². The third-order valence-electron chi connectivity index (χ3n) is 4.21. The van der Waals surface area contributed by atoms with Crippen molar-refractivity contribution < 1.29 is 4.74 Å². The number of hydrogen-bond donors (Lipinski definition) is 0. The van der Waals surface area contributed by atoms with Gasteiger partial charge < -0.3 is 4.74 Å². The van der Waals surface area contributed by atoms with E-state index in [4.69, 9.17) is 10.00 Å². The molecule has 0 radical (unpaired) electrons. The molecule has 120 valence electrons. The molecule has 0 saturated carbocycles. The van der Waals surface area contributed by atoms with Gasteiger partial charge in [0.25, 0.3) is 0 Å². The predicted octanol–water partition coefficient (Wildman–Crippen LogP) is 2.08. The molecule has 1 fully saturated rings. The van der Waals surface area contributed by atoms with Crippen LogP contribution in [0.5, 0.6) is 5.75 Å². The van der Waals surface area contributed by atoms with Gasteiger partial charge >= 0.3 is 0 Å². The molecule has 6 heteroatoms. The Kier molecular flexibility index (Phi) is 5.22. The van der Waals surface area contributed by atoms with E-state index in [1.54, 1.807) is 24.8 Å². The molecule has 0 bridgehead atoms. The van der Waals surface area contributed by atoms with Crippen LogP contribution in [0, 0.1) is 11.3 Å². The Balaban J connectivity index is 1.40. The third kappa shape index (κ3) is 4.30. The standard InChI is InChI=1S/C17H21N5O/c18-11-15-4-6-17(7-5-15)23-10-2-9-21-8-1-3-16(21)12-22-14-19-13-20-22/h4-7,13-14,16H,1-3,8-10,12H2/t16-/m0/s1. The van der Waals surface area contributed by atoms with Gasteiger partial charge in [-0.1, -0.05) is 0 Å². The van der Waals surface area contributed by atoms with Gasteiger partial charge in [-0.05, 0) is 50.1 Å². The first-order chi connectivity index (χ1) is 11.3. The highest BCUT2D eigenvalue weighted by atomic mass is 16.5. The number of ether oxygens (including phenoxy) is 1. The fourth-order valence-electron chi connectivity index (χ4n) is 3.02. The molecule has 0 amide bonds. The van der Waals surface area contributed by atoms with Gasteiger partial charge in [-0.3, -0.25) is 9.58 Å². The second-order valence-corrected chi connectivity index (χ2v) is 5.79. The van der Waals surface area contributed by atoms with E-state index in [0.29, 0.717) is 18.2 Å². The van der Waals surface area contributed by atoms with E-state index >= 15 is 0 Å². The van der Waals surface area contributed by atoms with Crippen molar-refractivity contribution in [3.8, 4) is 11.8 Å². The molecule has 2 aromatic rings. The summed E-state index contributed by atoms with van der Waals surface area (Å²) in [7, 11) is 0. The highest BCUT2D eigenvalue weighted by Crippen LogP contribution is 2.19. The summed E-state index contributed by atoms with van der Waals surface area (Å²) in [4.78, 5) is 6.52. The Morgan fingerprint density at radius 1 is 1.30 bits per heavy atom. The molecule has 2 heterocycles. The Labute approximate surface area is 136 Å². The summed E-state index contributed by atoms with van der Waals surface area (Å²) < 4.78 is 7.66. The average molecular weight is 311 g/mol. The molecule has 1 aliphatic heterocycles.